The molecule has 3 aromatic carbocycles. The van der Waals surface area contributed by atoms with Gasteiger partial charge in [0.05, 0.1) is 23.3 Å². The van der Waals surface area contributed by atoms with Crippen molar-refractivity contribution in [2.75, 3.05) is 7.11 Å². The van der Waals surface area contributed by atoms with Gasteiger partial charge in [0.2, 0.25) is 0 Å². The molecule has 0 spiro atoms. The normalized spacial score (nSPS) is 22.3. The van der Waals surface area contributed by atoms with Crippen LogP contribution in [0.25, 0.3) is 0 Å². The lowest BCUT2D eigenvalue weighted by atomic mass is 9.59. The number of amides is 1. The fourth-order valence-electron chi connectivity index (χ4n) is 7.91. The van der Waals surface area contributed by atoms with E-state index < -0.39 is 39.5 Å². The zero-order valence-corrected chi connectivity index (χ0v) is 29.1. The molecule has 1 saturated heterocycles. The highest BCUT2D eigenvalue weighted by atomic mass is 32.2. The maximum Gasteiger partial charge on any atom is 0.408 e. The number of methoxy groups -OCH3 is 1. The van der Waals surface area contributed by atoms with E-state index in [4.69, 9.17) is 4.74 Å². The minimum Gasteiger partial charge on any atom is -0.465 e. The third-order valence-corrected chi connectivity index (χ3v) is 11.2. The predicted molar refractivity (Wildman–Crippen MR) is 188 cm³/mol. The van der Waals surface area contributed by atoms with Gasteiger partial charge in [0, 0.05) is 13.0 Å². The molecule has 0 aliphatic carbocycles. The lowest BCUT2D eigenvalue weighted by Gasteiger charge is -2.59. The van der Waals surface area contributed by atoms with Crippen molar-refractivity contribution < 1.29 is 14.6 Å². The molecule has 1 heterocycles. The molecule has 0 saturated carbocycles. The minimum atomic E-state index is -1.10. The Balaban J connectivity index is 2.07. The van der Waals surface area contributed by atoms with E-state index in [1.54, 1.807) is 19.1 Å². The van der Waals surface area contributed by atoms with Crippen LogP contribution in [0.15, 0.2) is 103 Å². The van der Waals surface area contributed by atoms with Crippen LogP contribution in [-0.2, 0) is 9.48 Å². The van der Waals surface area contributed by atoms with Gasteiger partial charge in [-0.2, -0.15) is 5.26 Å². The largest absolute Gasteiger partial charge is 0.465 e. The first-order valence-electron chi connectivity index (χ1n) is 16.2. The number of ether oxygens (including phenoxy) is 1. The molecule has 3 aromatic rings. The monoisotopic (exact) mass is 639 g/mol. The Kier molecular flexibility index (Phi) is 11.1. The van der Waals surface area contributed by atoms with Crippen LogP contribution in [0.5, 0.6) is 0 Å². The van der Waals surface area contributed by atoms with Crippen molar-refractivity contribution in [3.05, 3.63) is 120 Å². The molecule has 2 N–H and O–H groups in total. The van der Waals surface area contributed by atoms with Crippen molar-refractivity contribution in [3.63, 3.8) is 0 Å². The van der Waals surface area contributed by atoms with Crippen LogP contribution in [-0.4, -0.2) is 46.4 Å². The van der Waals surface area contributed by atoms with Gasteiger partial charge < -0.3 is 9.84 Å². The highest BCUT2D eigenvalue weighted by Gasteiger charge is 2.68. The Hall–Kier alpha value is -3.57. The average Bonchev–Trinajstić information content (AvgIpc) is 3.40. The Labute approximate surface area is 280 Å². The molecular weight excluding hydrogens is 591 g/mol. The van der Waals surface area contributed by atoms with E-state index in [1.807, 2.05) is 31.2 Å². The zero-order valence-electron chi connectivity index (χ0n) is 28.2. The zero-order chi connectivity index (χ0) is 33.6. The van der Waals surface area contributed by atoms with Gasteiger partial charge in [-0.3, -0.25) is 9.62 Å². The Morgan fingerprint density at radius 2 is 1.50 bits per heavy atom. The molecule has 1 fully saturated rings. The summed E-state index contributed by atoms with van der Waals surface area (Å²) in [6.07, 6.45) is 4.90. The second-order valence-corrected chi connectivity index (χ2v) is 14.5. The lowest BCUT2D eigenvalue weighted by Crippen LogP contribution is -2.74. The number of rotatable bonds is 12. The first-order chi connectivity index (χ1) is 22.0. The van der Waals surface area contributed by atoms with E-state index in [2.05, 4.69) is 124 Å². The van der Waals surface area contributed by atoms with Crippen molar-refractivity contribution >= 4 is 18.0 Å². The molecule has 0 aromatic heterocycles. The standard InChI is InChI=1S/C39H49N3O3S/c1-8-19-32-27-33(28-40)42(35(43)44)39(32,36(3,4)5)34(37(6,45-7)26-9-2)41-46-38(29-20-13-10-14-21-29,30-22-15-11-16-23-30)31-24-17-12-18-25-31/h8,10-25,32-34,41H,9,26-27H2,1-7H3,(H,43,44)/t32-,33-,34+,37+,39+/m1/s1. The molecule has 0 radical (unpaired) electrons. The summed E-state index contributed by atoms with van der Waals surface area (Å²) in [6, 6.07) is 32.3. The summed E-state index contributed by atoms with van der Waals surface area (Å²) in [7, 11) is 1.72. The number of nitriles is 1. The number of nitrogens with zero attached hydrogens (tertiary/aromatic N) is 2. The predicted octanol–water partition coefficient (Wildman–Crippen LogP) is 9.04. The van der Waals surface area contributed by atoms with E-state index >= 15 is 0 Å². The number of nitrogens with one attached hydrogen (secondary N) is 1. The van der Waals surface area contributed by atoms with Gasteiger partial charge in [0.15, 0.2) is 0 Å². The summed E-state index contributed by atoms with van der Waals surface area (Å²) in [6.45, 7) is 12.5. The summed E-state index contributed by atoms with van der Waals surface area (Å²) in [5, 5.41) is 21.3. The van der Waals surface area contributed by atoms with E-state index in [1.165, 1.54) is 4.90 Å². The molecular formula is C39H49N3O3S. The molecule has 1 aliphatic rings. The summed E-state index contributed by atoms with van der Waals surface area (Å²) in [4.78, 5) is 14.9. The molecule has 46 heavy (non-hydrogen) atoms. The highest BCUT2D eigenvalue weighted by molar-refractivity contribution is 7.98. The van der Waals surface area contributed by atoms with Gasteiger partial charge in [-0.05, 0) is 48.8 Å². The fourth-order valence-corrected chi connectivity index (χ4v) is 9.39. The number of benzene rings is 3. The second kappa shape index (κ2) is 14.5. The fraction of sp³-hybridized carbons (Fsp3) is 0.436. The van der Waals surface area contributed by atoms with Crippen LogP contribution < -0.4 is 4.72 Å². The quantitative estimate of drug-likeness (QED) is 0.117. The molecule has 0 unspecified atom stereocenters. The number of allylic oxidation sites excluding steroid dienone is 1. The summed E-state index contributed by atoms with van der Waals surface area (Å²) in [5.41, 5.74) is 0.789. The molecule has 1 aliphatic heterocycles. The molecule has 244 valence electrons. The Morgan fingerprint density at radius 3 is 1.85 bits per heavy atom. The van der Waals surface area contributed by atoms with Gasteiger partial charge in [-0.1, -0.05) is 149 Å². The third-order valence-electron chi connectivity index (χ3n) is 9.87. The van der Waals surface area contributed by atoms with Crippen LogP contribution in [0.1, 0.15) is 77.5 Å². The highest BCUT2D eigenvalue weighted by Crippen LogP contribution is 2.57. The van der Waals surface area contributed by atoms with E-state index in [9.17, 15) is 15.2 Å². The van der Waals surface area contributed by atoms with Crippen molar-refractivity contribution in [3.8, 4) is 6.07 Å². The Bertz CT molecular complexity index is 1410. The SMILES string of the molecule is CC=C[C@@H]1C[C@H](C#N)N(C(=O)O)[C@@]1([C@@H](NSC(c1ccccc1)(c1ccccc1)c1ccccc1)[C@](C)(CCC)OC)C(C)(C)C. The lowest BCUT2D eigenvalue weighted by molar-refractivity contribution is -0.110. The van der Waals surface area contributed by atoms with Crippen LogP contribution in [0.4, 0.5) is 4.79 Å². The van der Waals surface area contributed by atoms with E-state index in [0.717, 1.165) is 23.1 Å². The van der Waals surface area contributed by atoms with E-state index in [0.29, 0.717) is 12.8 Å². The summed E-state index contributed by atoms with van der Waals surface area (Å²) < 4.78 is 9.75. The average molecular weight is 640 g/mol. The molecule has 7 heteroatoms. The van der Waals surface area contributed by atoms with Crippen molar-refractivity contribution in [1.82, 2.24) is 9.62 Å². The molecule has 6 nitrogen and oxygen atoms in total. The van der Waals surface area contributed by atoms with Gasteiger partial charge in [-0.25, -0.2) is 4.79 Å². The van der Waals surface area contributed by atoms with Crippen LogP contribution in [0.2, 0.25) is 0 Å². The maximum atomic E-state index is 13.4. The van der Waals surface area contributed by atoms with Crippen molar-refractivity contribution in [2.24, 2.45) is 11.3 Å². The molecule has 0 bridgehead atoms. The van der Waals surface area contributed by atoms with Gasteiger partial charge in [0.25, 0.3) is 0 Å². The van der Waals surface area contributed by atoms with Crippen LogP contribution in [0.3, 0.4) is 0 Å². The first kappa shape index (κ1) is 35.3. The number of carbonyl (C=O) groups is 1. The second-order valence-electron chi connectivity index (χ2n) is 13.4. The first-order valence-corrected chi connectivity index (χ1v) is 17.0. The van der Waals surface area contributed by atoms with Crippen molar-refractivity contribution in [2.45, 2.75) is 88.8 Å². The molecule has 5 atom stereocenters. The smallest absolute Gasteiger partial charge is 0.408 e. The minimum absolute atomic E-state index is 0.248. The summed E-state index contributed by atoms with van der Waals surface area (Å²) >= 11 is 1.59. The third kappa shape index (κ3) is 6.11. The van der Waals surface area contributed by atoms with Crippen LogP contribution in [0, 0.1) is 22.7 Å². The number of hydrogen-bond donors (Lipinski definition) is 2. The number of likely N-dealkylation sites (tertiary alicyclic amines) is 1. The maximum absolute atomic E-state index is 13.4. The van der Waals surface area contributed by atoms with Crippen molar-refractivity contribution in [1.29, 1.82) is 5.26 Å². The number of carboxylic acid groups (broad SMARTS) is 1. The topological polar surface area (TPSA) is 85.6 Å². The van der Waals surface area contributed by atoms with E-state index in [-0.39, 0.29) is 5.92 Å². The molecule has 4 rings (SSSR count). The van der Waals surface area contributed by atoms with Gasteiger partial charge in [-0.15, -0.1) is 0 Å². The van der Waals surface area contributed by atoms with Gasteiger partial charge >= 0.3 is 6.09 Å². The van der Waals surface area contributed by atoms with Gasteiger partial charge in [0.1, 0.15) is 10.8 Å². The Morgan fingerprint density at radius 1 is 1.02 bits per heavy atom. The molecule has 1 amide bonds. The summed E-state index contributed by atoms with van der Waals surface area (Å²) in [5.74, 6) is -0.248. The van der Waals surface area contributed by atoms with Crippen LogP contribution >= 0.6 is 11.9 Å². The number of hydrogen-bond acceptors (Lipinski definition) is 5.